The van der Waals surface area contributed by atoms with E-state index in [1.54, 1.807) is 38.5 Å². The molecule has 2 aromatic rings. The predicted octanol–water partition coefficient (Wildman–Crippen LogP) is 4.39. The Hall–Kier alpha value is -2.40. The van der Waals surface area contributed by atoms with Gasteiger partial charge < -0.3 is 19.5 Å². The molecule has 2 aromatic carbocycles. The second kappa shape index (κ2) is 9.34. The largest absolute Gasteiger partial charge is 0.493 e. The van der Waals surface area contributed by atoms with Crippen LogP contribution in [0.4, 0.5) is 0 Å². The highest BCUT2D eigenvalue weighted by Gasteiger charge is 2.21. The van der Waals surface area contributed by atoms with Crippen molar-refractivity contribution in [1.82, 2.24) is 5.32 Å². The smallest absolute Gasteiger partial charge is 0.261 e. The van der Waals surface area contributed by atoms with Crippen LogP contribution in [-0.4, -0.2) is 26.2 Å². The lowest BCUT2D eigenvalue weighted by Crippen LogP contribution is -2.39. The zero-order chi connectivity index (χ0) is 19.1. The van der Waals surface area contributed by atoms with Gasteiger partial charge in [-0.1, -0.05) is 30.7 Å². The van der Waals surface area contributed by atoms with E-state index in [1.165, 1.54) is 0 Å². The van der Waals surface area contributed by atoms with Crippen molar-refractivity contribution in [2.75, 3.05) is 14.2 Å². The number of carbonyl (C=O) groups is 1. The highest BCUT2D eigenvalue weighted by Crippen LogP contribution is 2.30. The Morgan fingerprint density at radius 3 is 2.46 bits per heavy atom. The van der Waals surface area contributed by atoms with E-state index in [2.05, 4.69) is 5.32 Å². The zero-order valence-corrected chi connectivity index (χ0v) is 16.2. The van der Waals surface area contributed by atoms with Crippen LogP contribution in [0.15, 0.2) is 42.5 Å². The number of hydrogen-bond acceptors (Lipinski definition) is 4. The van der Waals surface area contributed by atoms with Gasteiger partial charge in [-0.2, -0.15) is 0 Å². The minimum atomic E-state index is -0.601. The van der Waals surface area contributed by atoms with Gasteiger partial charge in [0.2, 0.25) is 0 Å². The molecule has 0 aliphatic carbocycles. The molecule has 0 saturated carbocycles. The van der Waals surface area contributed by atoms with Crippen LogP contribution in [0.2, 0.25) is 5.02 Å². The van der Waals surface area contributed by atoms with Gasteiger partial charge in [0.05, 0.1) is 20.3 Å². The lowest BCUT2D eigenvalue weighted by Gasteiger charge is -2.21. The van der Waals surface area contributed by atoms with Crippen molar-refractivity contribution < 1.29 is 19.0 Å². The second-order valence-electron chi connectivity index (χ2n) is 5.82. The number of methoxy groups -OCH3 is 2. The molecule has 0 radical (unpaired) electrons. The van der Waals surface area contributed by atoms with Gasteiger partial charge >= 0.3 is 0 Å². The number of ether oxygens (including phenoxy) is 3. The second-order valence-corrected chi connectivity index (χ2v) is 6.25. The lowest BCUT2D eigenvalue weighted by molar-refractivity contribution is -0.128. The van der Waals surface area contributed by atoms with E-state index in [0.29, 0.717) is 28.7 Å². The van der Waals surface area contributed by atoms with Gasteiger partial charge in [0.25, 0.3) is 5.91 Å². The number of halogens is 1. The molecule has 0 bridgehead atoms. The maximum absolute atomic E-state index is 12.6. The van der Waals surface area contributed by atoms with Crippen molar-refractivity contribution in [3.8, 4) is 17.2 Å². The topological polar surface area (TPSA) is 56.8 Å². The third kappa shape index (κ3) is 5.05. The molecule has 2 atom stereocenters. The van der Waals surface area contributed by atoms with Gasteiger partial charge in [-0.05, 0) is 49.2 Å². The summed E-state index contributed by atoms with van der Waals surface area (Å²) in [7, 11) is 3.17. The van der Waals surface area contributed by atoms with Crippen LogP contribution >= 0.6 is 11.6 Å². The van der Waals surface area contributed by atoms with E-state index < -0.39 is 6.10 Å². The SMILES string of the molecule is CC[C@@H](Oc1cccc(Cl)c1)C(=O)N[C@@H](C)c1ccc(OC)c(OC)c1. The first kappa shape index (κ1) is 19.9. The number of hydrogen-bond donors (Lipinski definition) is 1. The first-order chi connectivity index (χ1) is 12.5. The Morgan fingerprint density at radius 2 is 1.85 bits per heavy atom. The number of nitrogens with one attached hydrogen (secondary N) is 1. The molecule has 0 heterocycles. The van der Waals surface area contributed by atoms with E-state index in [-0.39, 0.29) is 11.9 Å². The summed E-state index contributed by atoms with van der Waals surface area (Å²) in [6.07, 6.45) is -0.0622. The number of carbonyl (C=O) groups excluding carboxylic acids is 1. The third-order valence-corrected chi connectivity index (χ3v) is 4.24. The fourth-order valence-corrected chi connectivity index (χ4v) is 2.72. The first-order valence-electron chi connectivity index (χ1n) is 8.43. The van der Waals surface area contributed by atoms with Gasteiger partial charge in [-0.15, -0.1) is 0 Å². The van der Waals surface area contributed by atoms with Crippen LogP contribution in [0.3, 0.4) is 0 Å². The molecule has 0 unspecified atom stereocenters. The molecule has 0 fully saturated rings. The number of amides is 1. The maximum atomic E-state index is 12.6. The summed E-state index contributed by atoms with van der Waals surface area (Å²) in [5, 5.41) is 3.54. The summed E-state index contributed by atoms with van der Waals surface area (Å²) >= 11 is 5.97. The fourth-order valence-electron chi connectivity index (χ4n) is 2.54. The fraction of sp³-hybridized carbons (Fsp3) is 0.350. The molecule has 5 nitrogen and oxygen atoms in total. The molecule has 0 spiro atoms. The summed E-state index contributed by atoms with van der Waals surface area (Å²) < 4.78 is 16.3. The van der Waals surface area contributed by atoms with Gasteiger partial charge in [0.1, 0.15) is 5.75 Å². The molecule has 1 N–H and O–H groups in total. The molecule has 140 valence electrons. The van der Waals surface area contributed by atoms with Crippen LogP contribution in [0, 0.1) is 0 Å². The lowest BCUT2D eigenvalue weighted by atomic mass is 10.1. The minimum Gasteiger partial charge on any atom is -0.493 e. The molecular weight excluding hydrogens is 354 g/mol. The van der Waals surface area contributed by atoms with Crippen LogP contribution in [-0.2, 0) is 4.79 Å². The molecule has 0 aromatic heterocycles. The van der Waals surface area contributed by atoms with Crippen molar-refractivity contribution in [2.24, 2.45) is 0 Å². The summed E-state index contributed by atoms with van der Waals surface area (Å²) in [5.41, 5.74) is 0.911. The van der Waals surface area contributed by atoms with Crippen LogP contribution < -0.4 is 19.5 Å². The Balaban J connectivity index is 2.06. The number of rotatable bonds is 8. The molecule has 0 aliphatic heterocycles. The van der Waals surface area contributed by atoms with E-state index >= 15 is 0 Å². The molecular formula is C20H24ClNO4. The maximum Gasteiger partial charge on any atom is 0.261 e. The van der Waals surface area contributed by atoms with Crippen LogP contribution in [0.1, 0.15) is 31.9 Å². The molecule has 1 amide bonds. The summed E-state index contributed by atoms with van der Waals surface area (Å²) in [6.45, 7) is 3.81. The van der Waals surface area contributed by atoms with Crippen molar-refractivity contribution >= 4 is 17.5 Å². The van der Waals surface area contributed by atoms with Gasteiger partial charge in [-0.25, -0.2) is 0 Å². The van der Waals surface area contributed by atoms with E-state index in [0.717, 1.165) is 5.56 Å². The zero-order valence-electron chi connectivity index (χ0n) is 15.4. The van der Waals surface area contributed by atoms with Crippen molar-refractivity contribution in [1.29, 1.82) is 0 Å². The molecule has 26 heavy (non-hydrogen) atoms. The Kier molecular flexibility index (Phi) is 7.16. The Labute approximate surface area is 159 Å². The van der Waals surface area contributed by atoms with Gasteiger partial charge in [-0.3, -0.25) is 4.79 Å². The first-order valence-corrected chi connectivity index (χ1v) is 8.80. The highest BCUT2D eigenvalue weighted by atomic mass is 35.5. The highest BCUT2D eigenvalue weighted by molar-refractivity contribution is 6.30. The standard InChI is InChI=1S/C20H24ClNO4/c1-5-17(26-16-8-6-7-15(21)12-16)20(23)22-13(2)14-9-10-18(24-3)19(11-14)25-4/h6-13,17H,5H2,1-4H3,(H,22,23)/t13-,17+/m0/s1. The van der Waals surface area contributed by atoms with E-state index in [4.69, 9.17) is 25.8 Å². The molecule has 0 saturated heterocycles. The minimum absolute atomic E-state index is 0.185. The Morgan fingerprint density at radius 1 is 1.12 bits per heavy atom. The van der Waals surface area contributed by atoms with Crippen molar-refractivity contribution in [2.45, 2.75) is 32.4 Å². The Bertz CT molecular complexity index is 750. The average Bonchev–Trinajstić information content (AvgIpc) is 2.65. The molecule has 2 rings (SSSR count). The third-order valence-electron chi connectivity index (χ3n) is 4.00. The average molecular weight is 378 g/mol. The number of benzene rings is 2. The quantitative estimate of drug-likeness (QED) is 0.741. The van der Waals surface area contributed by atoms with Crippen LogP contribution in [0.25, 0.3) is 0 Å². The molecule has 0 aliphatic rings. The van der Waals surface area contributed by atoms with E-state index in [9.17, 15) is 4.79 Å². The van der Waals surface area contributed by atoms with Crippen LogP contribution in [0.5, 0.6) is 17.2 Å². The van der Waals surface area contributed by atoms with Gasteiger partial charge in [0.15, 0.2) is 17.6 Å². The van der Waals surface area contributed by atoms with Crippen molar-refractivity contribution in [3.05, 3.63) is 53.1 Å². The normalized spacial score (nSPS) is 12.8. The summed E-state index contributed by atoms with van der Waals surface area (Å²) in [6, 6.07) is 12.4. The van der Waals surface area contributed by atoms with E-state index in [1.807, 2.05) is 32.0 Å². The predicted molar refractivity (Wildman–Crippen MR) is 102 cm³/mol. The van der Waals surface area contributed by atoms with Crippen molar-refractivity contribution in [3.63, 3.8) is 0 Å². The summed E-state index contributed by atoms with van der Waals surface area (Å²) in [5.74, 6) is 1.65. The monoisotopic (exact) mass is 377 g/mol. The van der Waals surface area contributed by atoms with Gasteiger partial charge in [0, 0.05) is 5.02 Å². The summed E-state index contributed by atoms with van der Waals surface area (Å²) in [4.78, 5) is 12.6. The molecule has 6 heteroatoms.